The minimum absolute atomic E-state index is 0.472. The normalized spacial score (nSPS) is 13.5. The van der Waals surface area contributed by atoms with E-state index >= 15 is 0 Å². The molecule has 0 aromatic rings. The fourth-order valence-corrected chi connectivity index (χ4v) is 0.802. The third kappa shape index (κ3) is 9.48. The quantitative estimate of drug-likeness (QED) is 0.537. The molecule has 0 saturated heterocycles. The molecule has 0 heteroatoms. The maximum absolute atomic E-state index is 2.27. The number of hydrogen-bond acceptors (Lipinski definition) is 0. The molecule has 0 fully saturated rings. The summed E-state index contributed by atoms with van der Waals surface area (Å²) in [5.41, 5.74) is 0.472. The van der Waals surface area contributed by atoms with Gasteiger partial charge in [-0.3, -0.25) is 0 Å². The monoisotopic (exact) mass is 152 g/mol. The van der Waals surface area contributed by atoms with Crippen molar-refractivity contribution in [2.75, 3.05) is 0 Å². The van der Waals surface area contributed by atoms with Crippen LogP contribution in [0.5, 0.6) is 0 Å². The van der Waals surface area contributed by atoms with E-state index in [2.05, 4.69) is 39.0 Å². The molecule has 0 amide bonds. The summed E-state index contributed by atoms with van der Waals surface area (Å²) in [6.45, 7) is 8.86. The van der Waals surface area contributed by atoms with Crippen LogP contribution in [-0.2, 0) is 0 Å². The first-order chi connectivity index (χ1) is 5.06. The van der Waals surface area contributed by atoms with Crippen molar-refractivity contribution in [3.05, 3.63) is 24.3 Å². The number of allylic oxidation sites excluding steroid dienone is 4. The molecule has 0 nitrogen and oxygen atoms in total. The van der Waals surface area contributed by atoms with Crippen LogP contribution in [0.15, 0.2) is 24.3 Å². The van der Waals surface area contributed by atoms with Crippen molar-refractivity contribution in [2.24, 2.45) is 5.41 Å². The minimum Gasteiger partial charge on any atom is -0.0877 e. The van der Waals surface area contributed by atoms with Crippen molar-refractivity contribution in [3.63, 3.8) is 0 Å². The van der Waals surface area contributed by atoms with E-state index in [1.807, 2.05) is 13.0 Å². The average molecular weight is 152 g/mol. The standard InChI is InChI=1S/C11H20/c1-5-6-7-8-9-10-11(2,3)4/h5-8H,9-10H2,1-4H3. The Morgan fingerprint density at radius 3 is 2.18 bits per heavy atom. The van der Waals surface area contributed by atoms with Crippen LogP contribution in [0.1, 0.15) is 40.5 Å². The fraction of sp³-hybridized carbons (Fsp3) is 0.636. The topological polar surface area (TPSA) is 0 Å². The average Bonchev–Trinajstić information content (AvgIpc) is 1.85. The molecule has 0 atom stereocenters. The largest absolute Gasteiger partial charge is 0.0877 e. The van der Waals surface area contributed by atoms with Crippen LogP contribution < -0.4 is 0 Å². The highest BCUT2D eigenvalue weighted by Gasteiger charge is 2.06. The van der Waals surface area contributed by atoms with Crippen LogP contribution in [0.3, 0.4) is 0 Å². The Morgan fingerprint density at radius 1 is 1.09 bits per heavy atom. The summed E-state index contributed by atoms with van der Waals surface area (Å²) in [5.74, 6) is 0. The molecule has 0 aromatic carbocycles. The molecule has 0 N–H and O–H groups in total. The Balaban J connectivity index is 3.42. The van der Waals surface area contributed by atoms with Gasteiger partial charge in [-0.15, -0.1) is 0 Å². The van der Waals surface area contributed by atoms with Crippen molar-refractivity contribution in [3.8, 4) is 0 Å². The summed E-state index contributed by atoms with van der Waals surface area (Å²) in [6, 6.07) is 0. The summed E-state index contributed by atoms with van der Waals surface area (Å²) in [5, 5.41) is 0. The van der Waals surface area contributed by atoms with Gasteiger partial charge in [0, 0.05) is 0 Å². The molecule has 0 radical (unpaired) electrons. The summed E-state index contributed by atoms with van der Waals surface area (Å²) >= 11 is 0. The van der Waals surface area contributed by atoms with Crippen molar-refractivity contribution < 1.29 is 0 Å². The molecule has 0 saturated carbocycles. The predicted octanol–water partition coefficient (Wildman–Crippen LogP) is 3.95. The van der Waals surface area contributed by atoms with Gasteiger partial charge in [0.1, 0.15) is 0 Å². The van der Waals surface area contributed by atoms with Crippen molar-refractivity contribution in [2.45, 2.75) is 40.5 Å². The Kier molecular flexibility index (Phi) is 4.93. The van der Waals surface area contributed by atoms with E-state index in [1.54, 1.807) is 0 Å². The van der Waals surface area contributed by atoms with Crippen LogP contribution in [-0.4, -0.2) is 0 Å². The second-order valence-electron chi connectivity index (χ2n) is 4.05. The van der Waals surface area contributed by atoms with Gasteiger partial charge in [0.05, 0.1) is 0 Å². The van der Waals surface area contributed by atoms with Gasteiger partial charge < -0.3 is 0 Å². The Hall–Kier alpha value is -0.520. The lowest BCUT2D eigenvalue weighted by atomic mass is 9.90. The van der Waals surface area contributed by atoms with Crippen molar-refractivity contribution in [1.29, 1.82) is 0 Å². The Bertz CT molecular complexity index is 133. The zero-order valence-electron chi connectivity index (χ0n) is 8.22. The van der Waals surface area contributed by atoms with Crippen molar-refractivity contribution in [1.82, 2.24) is 0 Å². The molecule has 0 aromatic heterocycles. The SMILES string of the molecule is CC=CC=CCCC(C)(C)C. The molecule has 0 aliphatic carbocycles. The highest BCUT2D eigenvalue weighted by molar-refractivity contribution is 5.00. The van der Waals surface area contributed by atoms with Gasteiger partial charge in [-0.05, 0) is 25.2 Å². The first-order valence-corrected chi connectivity index (χ1v) is 4.34. The fourth-order valence-electron chi connectivity index (χ4n) is 0.802. The first-order valence-electron chi connectivity index (χ1n) is 4.34. The Labute approximate surface area is 71.0 Å². The van der Waals surface area contributed by atoms with Gasteiger partial charge in [-0.2, -0.15) is 0 Å². The van der Waals surface area contributed by atoms with E-state index in [9.17, 15) is 0 Å². The van der Waals surface area contributed by atoms with Gasteiger partial charge in [0.25, 0.3) is 0 Å². The summed E-state index contributed by atoms with van der Waals surface area (Å²) < 4.78 is 0. The molecule has 0 spiro atoms. The molecule has 0 aliphatic rings. The number of hydrogen-bond donors (Lipinski definition) is 0. The molecule has 0 unspecified atom stereocenters. The zero-order chi connectivity index (χ0) is 8.74. The maximum Gasteiger partial charge on any atom is -0.0343 e. The van der Waals surface area contributed by atoms with Crippen LogP contribution in [0.4, 0.5) is 0 Å². The highest BCUT2D eigenvalue weighted by Crippen LogP contribution is 2.20. The van der Waals surface area contributed by atoms with Gasteiger partial charge in [-0.25, -0.2) is 0 Å². The lowest BCUT2D eigenvalue weighted by Gasteiger charge is -2.15. The third-order valence-corrected chi connectivity index (χ3v) is 1.50. The van der Waals surface area contributed by atoms with Crippen LogP contribution in [0.25, 0.3) is 0 Å². The van der Waals surface area contributed by atoms with E-state index in [0.29, 0.717) is 5.41 Å². The molecule has 0 rings (SSSR count). The van der Waals surface area contributed by atoms with Gasteiger partial charge >= 0.3 is 0 Å². The maximum atomic E-state index is 2.27. The summed E-state index contributed by atoms with van der Waals surface area (Å²) in [6.07, 6.45) is 10.9. The summed E-state index contributed by atoms with van der Waals surface area (Å²) in [7, 11) is 0. The highest BCUT2D eigenvalue weighted by atomic mass is 14.1. The molecule has 0 heterocycles. The second-order valence-corrected chi connectivity index (χ2v) is 4.05. The Morgan fingerprint density at radius 2 is 1.73 bits per heavy atom. The molecule has 11 heavy (non-hydrogen) atoms. The van der Waals surface area contributed by atoms with E-state index < -0.39 is 0 Å². The summed E-state index contributed by atoms with van der Waals surface area (Å²) in [4.78, 5) is 0. The predicted molar refractivity (Wildman–Crippen MR) is 52.6 cm³/mol. The van der Waals surface area contributed by atoms with Crippen molar-refractivity contribution >= 4 is 0 Å². The zero-order valence-corrected chi connectivity index (χ0v) is 8.22. The van der Waals surface area contributed by atoms with Crippen LogP contribution in [0, 0.1) is 5.41 Å². The molecular formula is C11H20. The molecule has 64 valence electrons. The lowest BCUT2D eigenvalue weighted by molar-refractivity contribution is 0.381. The third-order valence-electron chi connectivity index (χ3n) is 1.50. The van der Waals surface area contributed by atoms with E-state index in [4.69, 9.17) is 0 Å². The van der Waals surface area contributed by atoms with Gasteiger partial charge in [0.15, 0.2) is 0 Å². The number of rotatable bonds is 3. The lowest BCUT2D eigenvalue weighted by Crippen LogP contribution is -2.02. The smallest absolute Gasteiger partial charge is 0.0343 e. The minimum atomic E-state index is 0.472. The van der Waals surface area contributed by atoms with Gasteiger partial charge in [-0.1, -0.05) is 45.1 Å². The first kappa shape index (κ1) is 10.5. The van der Waals surface area contributed by atoms with Crippen LogP contribution >= 0.6 is 0 Å². The molecule has 0 bridgehead atoms. The van der Waals surface area contributed by atoms with Gasteiger partial charge in [0.2, 0.25) is 0 Å². The second kappa shape index (κ2) is 5.17. The molecule has 0 aliphatic heterocycles. The van der Waals surface area contributed by atoms with E-state index in [1.165, 1.54) is 12.8 Å². The van der Waals surface area contributed by atoms with E-state index in [0.717, 1.165) is 0 Å². The van der Waals surface area contributed by atoms with Crippen LogP contribution in [0.2, 0.25) is 0 Å². The van der Waals surface area contributed by atoms with E-state index in [-0.39, 0.29) is 0 Å². The molecular weight excluding hydrogens is 132 g/mol.